The molecule has 6 heteroatoms. The van der Waals surface area contributed by atoms with E-state index >= 15 is 0 Å². The van der Waals surface area contributed by atoms with Crippen molar-refractivity contribution in [3.8, 4) is 5.75 Å². The van der Waals surface area contributed by atoms with E-state index in [4.69, 9.17) is 10.5 Å². The third-order valence-corrected chi connectivity index (χ3v) is 2.06. The van der Waals surface area contributed by atoms with Crippen LogP contribution in [0.25, 0.3) is 0 Å². The Morgan fingerprint density at radius 3 is 2.59 bits per heavy atom. The molecule has 0 radical (unpaired) electrons. The largest absolute Gasteiger partial charge is 0.478 e. The summed E-state index contributed by atoms with van der Waals surface area (Å²) in [5, 5.41) is 0. The monoisotopic (exact) mass is 241 g/mol. The molecular weight excluding hydrogens is 229 g/mol. The molecule has 1 amide bonds. The van der Waals surface area contributed by atoms with Crippen molar-refractivity contribution in [2.45, 2.75) is 13.0 Å². The number of ether oxygens (including phenoxy) is 2. The van der Waals surface area contributed by atoms with E-state index in [0.717, 1.165) is 6.07 Å². The Kier molecular flexibility index (Phi) is 4.03. The standard InChI is InChI=1S/C11H12FNO4/c1-6(11(15)16-2)17-8-5-3-4-7(12)9(8)10(13)14/h3-6H,1-2H3,(H2,13,14). The van der Waals surface area contributed by atoms with E-state index in [0.29, 0.717) is 0 Å². The van der Waals surface area contributed by atoms with Crippen LogP contribution in [-0.4, -0.2) is 25.1 Å². The Balaban J connectivity index is 3.02. The Bertz CT molecular complexity index is 447. The molecule has 0 fully saturated rings. The molecule has 1 unspecified atom stereocenters. The quantitative estimate of drug-likeness (QED) is 0.793. The number of amides is 1. The Morgan fingerprint density at radius 1 is 1.41 bits per heavy atom. The molecule has 0 aliphatic heterocycles. The van der Waals surface area contributed by atoms with Crippen molar-refractivity contribution >= 4 is 11.9 Å². The first-order chi connectivity index (χ1) is 7.97. The Labute approximate surface area is 97.3 Å². The fourth-order valence-electron chi connectivity index (χ4n) is 1.25. The van der Waals surface area contributed by atoms with Crippen LogP contribution in [0.5, 0.6) is 5.75 Å². The summed E-state index contributed by atoms with van der Waals surface area (Å²) in [5.41, 5.74) is 4.64. The molecule has 0 spiro atoms. The van der Waals surface area contributed by atoms with Gasteiger partial charge in [-0.3, -0.25) is 4.79 Å². The fraction of sp³-hybridized carbons (Fsp3) is 0.273. The lowest BCUT2D eigenvalue weighted by Gasteiger charge is -2.14. The molecule has 0 bridgehead atoms. The van der Waals surface area contributed by atoms with Crippen LogP contribution >= 0.6 is 0 Å². The number of carbonyl (C=O) groups is 2. The van der Waals surface area contributed by atoms with Gasteiger partial charge in [-0.2, -0.15) is 0 Å². The molecule has 0 saturated carbocycles. The number of rotatable bonds is 4. The Hall–Kier alpha value is -2.11. The second-order valence-electron chi connectivity index (χ2n) is 3.26. The van der Waals surface area contributed by atoms with Crippen LogP contribution in [0.2, 0.25) is 0 Å². The van der Waals surface area contributed by atoms with Crippen molar-refractivity contribution in [1.82, 2.24) is 0 Å². The normalized spacial score (nSPS) is 11.7. The lowest BCUT2D eigenvalue weighted by atomic mass is 10.2. The summed E-state index contributed by atoms with van der Waals surface area (Å²) >= 11 is 0. The summed E-state index contributed by atoms with van der Waals surface area (Å²) in [5.74, 6) is -2.48. The molecule has 17 heavy (non-hydrogen) atoms. The molecule has 1 atom stereocenters. The van der Waals surface area contributed by atoms with Crippen LogP contribution in [0, 0.1) is 5.82 Å². The number of halogens is 1. The average molecular weight is 241 g/mol. The van der Waals surface area contributed by atoms with E-state index in [1.807, 2.05) is 0 Å². The van der Waals surface area contributed by atoms with Gasteiger partial charge in [0, 0.05) is 0 Å². The maximum atomic E-state index is 13.3. The van der Waals surface area contributed by atoms with E-state index in [1.165, 1.54) is 26.2 Å². The second kappa shape index (κ2) is 5.29. The van der Waals surface area contributed by atoms with E-state index in [1.54, 1.807) is 0 Å². The van der Waals surface area contributed by atoms with Gasteiger partial charge in [-0.05, 0) is 19.1 Å². The third-order valence-electron chi connectivity index (χ3n) is 2.06. The van der Waals surface area contributed by atoms with Crippen molar-refractivity contribution < 1.29 is 23.5 Å². The summed E-state index contributed by atoms with van der Waals surface area (Å²) in [7, 11) is 1.20. The maximum absolute atomic E-state index is 13.3. The van der Waals surface area contributed by atoms with Gasteiger partial charge in [0.1, 0.15) is 17.1 Å². The third kappa shape index (κ3) is 2.93. The van der Waals surface area contributed by atoms with Crippen LogP contribution in [-0.2, 0) is 9.53 Å². The second-order valence-corrected chi connectivity index (χ2v) is 3.26. The smallest absolute Gasteiger partial charge is 0.346 e. The zero-order chi connectivity index (χ0) is 13.0. The highest BCUT2D eigenvalue weighted by molar-refractivity contribution is 5.96. The molecule has 2 N–H and O–H groups in total. The average Bonchev–Trinajstić information content (AvgIpc) is 2.27. The maximum Gasteiger partial charge on any atom is 0.346 e. The summed E-state index contributed by atoms with van der Waals surface area (Å²) in [6.45, 7) is 1.42. The lowest BCUT2D eigenvalue weighted by molar-refractivity contribution is -0.147. The summed E-state index contributed by atoms with van der Waals surface area (Å²) < 4.78 is 22.9. The molecule has 0 aliphatic carbocycles. The summed E-state index contributed by atoms with van der Waals surface area (Å²) in [4.78, 5) is 22.2. The van der Waals surface area contributed by atoms with E-state index in [2.05, 4.69) is 4.74 Å². The van der Waals surface area contributed by atoms with Gasteiger partial charge in [0.05, 0.1) is 7.11 Å². The molecule has 92 valence electrons. The number of primary amides is 1. The van der Waals surface area contributed by atoms with Gasteiger partial charge in [-0.1, -0.05) is 6.07 Å². The molecule has 1 rings (SSSR count). The van der Waals surface area contributed by atoms with Gasteiger partial charge in [-0.15, -0.1) is 0 Å². The highest BCUT2D eigenvalue weighted by Gasteiger charge is 2.20. The zero-order valence-electron chi connectivity index (χ0n) is 9.40. The number of nitrogens with two attached hydrogens (primary N) is 1. The Morgan fingerprint density at radius 2 is 2.06 bits per heavy atom. The lowest BCUT2D eigenvalue weighted by Crippen LogP contribution is -2.26. The van der Waals surface area contributed by atoms with Gasteiger partial charge < -0.3 is 15.2 Å². The SMILES string of the molecule is COC(=O)C(C)Oc1cccc(F)c1C(N)=O. The first kappa shape index (κ1) is 13.0. The highest BCUT2D eigenvalue weighted by Crippen LogP contribution is 2.22. The predicted molar refractivity (Wildman–Crippen MR) is 57.0 cm³/mol. The van der Waals surface area contributed by atoms with Crippen molar-refractivity contribution in [1.29, 1.82) is 0 Å². The topological polar surface area (TPSA) is 78.6 Å². The van der Waals surface area contributed by atoms with Crippen molar-refractivity contribution in [3.05, 3.63) is 29.6 Å². The first-order valence-corrected chi connectivity index (χ1v) is 4.80. The number of carbonyl (C=O) groups excluding carboxylic acids is 2. The molecule has 1 aromatic carbocycles. The number of hydrogen-bond acceptors (Lipinski definition) is 4. The molecule has 1 aromatic rings. The number of benzene rings is 1. The van der Waals surface area contributed by atoms with Crippen LogP contribution in [0.4, 0.5) is 4.39 Å². The number of hydrogen-bond donors (Lipinski definition) is 1. The van der Waals surface area contributed by atoms with E-state index in [9.17, 15) is 14.0 Å². The molecular formula is C11H12FNO4. The summed E-state index contributed by atoms with van der Waals surface area (Å²) in [6, 6.07) is 3.78. The number of methoxy groups -OCH3 is 1. The molecule has 0 aliphatic rings. The minimum atomic E-state index is -0.963. The zero-order valence-corrected chi connectivity index (χ0v) is 9.40. The van der Waals surface area contributed by atoms with Crippen molar-refractivity contribution in [2.75, 3.05) is 7.11 Å². The molecule has 0 saturated heterocycles. The van der Waals surface area contributed by atoms with Crippen LogP contribution in [0.15, 0.2) is 18.2 Å². The minimum Gasteiger partial charge on any atom is -0.478 e. The van der Waals surface area contributed by atoms with Crippen molar-refractivity contribution in [3.63, 3.8) is 0 Å². The highest BCUT2D eigenvalue weighted by atomic mass is 19.1. The molecule has 5 nitrogen and oxygen atoms in total. The summed E-state index contributed by atoms with van der Waals surface area (Å²) in [6.07, 6.45) is -0.958. The van der Waals surface area contributed by atoms with Crippen LogP contribution < -0.4 is 10.5 Å². The first-order valence-electron chi connectivity index (χ1n) is 4.80. The van der Waals surface area contributed by atoms with Crippen LogP contribution in [0.1, 0.15) is 17.3 Å². The van der Waals surface area contributed by atoms with Crippen LogP contribution in [0.3, 0.4) is 0 Å². The van der Waals surface area contributed by atoms with Gasteiger partial charge in [0.2, 0.25) is 0 Å². The fourth-order valence-corrected chi connectivity index (χ4v) is 1.25. The van der Waals surface area contributed by atoms with Gasteiger partial charge in [0.15, 0.2) is 6.10 Å². The van der Waals surface area contributed by atoms with Crippen molar-refractivity contribution in [2.24, 2.45) is 5.73 Å². The van der Waals surface area contributed by atoms with Gasteiger partial charge >= 0.3 is 5.97 Å². The minimum absolute atomic E-state index is 0.0876. The van der Waals surface area contributed by atoms with E-state index < -0.39 is 23.8 Å². The van der Waals surface area contributed by atoms with Gasteiger partial charge in [0.25, 0.3) is 5.91 Å². The van der Waals surface area contributed by atoms with E-state index in [-0.39, 0.29) is 11.3 Å². The van der Waals surface area contributed by atoms with Gasteiger partial charge in [-0.25, -0.2) is 9.18 Å². The molecule has 0 heterocycles. The number of esters is 1. The molecule has 0 aromatic heterocycles. The predicted octanol–water partition coefficient (Wildman–Crippen LogP) is 0.865.